The van der Waals surface area contributed by atoms with Gasteiger partial charge >= 0.3 is 5.97 Å². The van der Waals surface area contributed by atoms with E-state index in [4.69, 9.17) is 5.11 Å². The molecule has 2 aromatic carbocycles. The number of anilines is 2. The predicted octanol–water partition coefficient (Wildman–Crippen LogP) is 2.79. The Morgan fingerprint density at radius 3 is 2.69 bits per heavy atom. The summed E-state index contributed by atoms with van der Waals surface area (Å²) in [7, 11) is 0. The lowest BCUT2D eigenvalue weighted by molar-refractivity contribution is -0.138. The number of hydrogen-bond donors (Lipinski definition) is 2. The van der Waals surface area contributed by atoms with Crippen LogP contribution in [0.3, 0.4) is 0 Å². The van der Waals surface area contributed by atoms with Crippen molar-refractivity contribution in [2.75, 3.05) is 16.8 Å². The molecule has 1 heterocycles. The molecule has 0 radical (unpaired) electrons. The predicted molar refractivity (Wildman–Crippen MR) is 98.2 cm³/mol. The molecule has 0 saturated carbocycles. The van der Waals surface area contributed by atoms with Crippen LogP contribution in [0.5, 0.6) is 0 Å². The summed E-state index contributed by atoms with van der Waals surface area (Å²) in [4.78, 5) is 37.3. The summed E-state index contributed by atoms with van der Waals surface area (Å²) in [6, 6.07) is 14.3. The maximum absolute atomic E-state index is 12.4. The molecule has 0 spiro atoms. The quantitative estimate of drug-likeness (QED) is 0.866. The number of benzene rings is 2. The first-order chi connectivity index (χ1) is 12.5. The highest BCUT2D eigenvalue weighted by Gasteiger charge is 2.25. The fourth-order valence-electron chi connectivity index (χ4n) is 3.04. The second kappa shape index (κ2) is 7.39. The summed E-state index contributed by atoms with van der Waals surface area (Å²) in [6.45, 7) is 1.52. The highest BCUT2D eigenvalue weighted by molar-refractivity contribution is 6.04. The highest BCUT2D eigenvalue weighted by atomic mass is 16.4. The number of carbonyl (C=O) groups excluding carboxylic acids is 2. The lowest BCUT2D eigenvalue weighted by Crippen LogP contribution is -2.40. The normalized spacial score (nSPS) is 14.5. The van der Waals surface area contributed by atoms with Crippen molar-refractivity contribution in [3.8, 4) is 0 Å². The van der Waals surface area contributed by atoms with Gasteiger partial charge in [0.25, 0.3) is 0 Å². The van der Waals surface area contributed by atoms with Gasteiger partial charge in [-0.05, 0) is 42.7 Å². The van der Waals surface area contributed by atoms with E-state index in [0.717, 1.165) is 11.3 Å². The standard InChI is InChI=1S/C20H20N2O4/c1-13(20(25)26)15-6-4-7-16(11-15)21-18(23)12-22-17-8-3-2-5-14(17)9-10-19(22)24/h2-8,11,13H,9-10,12H2,1H3,(H,21,23)(H,25,26). The topological polar surface area (TPSA) is 86.7 Å². The largest absolute Gasteiger partial charge is 0.481 e. The first kappa shape index (κ1) is 17.7. The van der Waals surface area contributed by atoms with Crippen LogP contribution in [0.2, 0.25) is 0 Å². The number of carbonyl (C=O) groups is 3. The molecule has 0 aliphatic carbocycles. The van der Waals surface area contributed by atoms with Crippen LogP contribution < -0.4 is 10.2 Å². The van der Waals surface area contributed by atoms with Gasteiger partial charge < -0.3 is 15.3 Å². The van der Waals surface area contributed by atoms with Gasteiger partial charge in [-0.25, -0.2) is 0 Å². The number of hydrogen-bond acceptors (Lipinski definition) is 3. The average molecular weight is 352 g/mol. The number of fused-ring (bicyclic) bond motifs is 1. The summed E-state index contributed by atoms with van der Waals surface area (Å²) in [5.41, 5.74) is 2.94. The SMILES string of the molecule is CC(C(=O)O)c1cccc(NC(=O)CN2C(=O)CCc3ccccc32)c1. The van der Waals surface area contributed by atoms with Crippen LogP contribution in [-0.2, 0) is 20.8 Å². The van der Waals surface area contributed by atoms with Crippen LogP contribution in [0, 0.1) is 0 Å². The molecule has 1 atom stereocenters. The third-order valence-corrected chi connectivity index (χ3v) is 4.53. The third-order valence-electron chi connectivity index (χ3n) is 4.53. The zero-order valence-electron chi connectivity index (χ0n) is 14.4. The number of amides is 2. The number of nitrogens with zero attached hydrogens (tertiary/aromatic N) is 1. The van der Waals surface area contributed by atoms with E-state index in [9.17, 15) is 14.4 Å². The lowest BCUT2D eigenvalue weighted by Gasteiger charge is -2.28. The number of carboxylic acids is 1. The number of aliphatic carboxylic acids is 1. The summed E-state index contributed by atoms with van der Waals surface area (Å²) >= 11 is 0. The Morgan fingerprint density at radius 1 is 1.15 bits per heavy atom. The molecular weight excluding hydrogens is 332 g/mol. The van der Waals surface area contributed by atoms with E-state index < -0.39 is 11.9 Å². The maximum atomic E-state index is 12.4. The summed E-state index contributed by atoms with van der Waals surface area (Å²) in [6.07, 6.45) is 1.07. The molecule has 0 saturated heterocycles. The molecule has 2 N–H and O–H groups in total. The van der Waals surface area contributed by atoms with Crippen LogP contribution >= 0.6 is 0 Å². The van der Waals surface area contributed by atoms with E-state index in [1.54, 1.807) is 31.2 Å². The van der Waals surface area contributed by atoms with Crippen LogP contribution in [0.15, 0.2) is 48.5 Å². The van der Waals surface area contributed by atoms with E-state index in [1.807, 2.05) is 24.3 Å². The van der Waals surface area contributed by atoms with Crippen LogP contribution in [-0.4, -0.2) is 29.4 Å². The molecular formula is C20H20N2O4. The second-order valence-electron chi connectivity index (χ2n) is 6.34. The zero-order chi connectivity index (χ0) is 18.7. The second-order valence-corrected chi connectivity index (χ2v) is 6.34. The molecule has 1 unspecified atom stereocenters. The van der Waals surface area contributed by atoms with Crippen molar-refractivity contribution in [3.63, 3.8) is 0 Å². The van der Waals surface area contributed by atoms with E-state index in [-0.39, 0.29) is 18.4 Å². The van der Waals surface area contributed by atoms with E-state index in [2.05, 4.69) is 5.32 Å². The fourth-order valence-corrected chi connectivity index (χ4v) is 3.04. The van der Waals surface area contributed by atoms with E-state index in [0.29, 0.717) is 24.1 Å². The van der Waals surface area contributed by atoms with Gasteiger partial charge in [0.2, 0.25) is 11.8 Å². The van der Waals surface area contributed by atoms with Crippen molar-refractivity contribution >= 4 is 29.2 Å². The summed E-state index contributed by atoms with van der Waals surface area (Å²) < 4.78 is 0. The van der Waals surface area contributed by atoms with Crippen molar-refractivity contribution in [2.24, 2.45) is 0 Å². The third kappa shape index (κ3) is 3.74. The first-order valence-electron chi connectivity index (χ1n) is 8.46. The Labute approximate surface area is 151 Å². The smallest absolute Gasteiger partial charge is 0.310 e. The molecule has 0 fully saturated rings. The number of rotatable bonds is 5. The van der Waals surface area contributed by atoms with Crippen LogP contribution in [0.25, 0.3) is 0 Å². The Bertz CT molecular complexity index is 862. The molecule has 3 rings (SSSR count). The van der Waals surface area contributed by atoms with E-state index in [1.165, 1.54) is 4.90 Å². The summed E-state index contributed by atoms with van der Waals surface area (Å²) in [5.74, 6) is -1.99. The minimum Gasteiger partial charge on any atom is -0.481 e. The Kier molecular flexibility index (Phi) is 5.02. The van der Waals surface area contributed by atoms with Gasteiger partial charge in [0.1, 0.15) is 6.54 Å². The lowest BCUT2D eigenvalue weighted by atomic mass is 10.0. The van der Waals surface area contributed by atoms with Gasteiger partial charge in [-0.2, -0.15) is 0 Å². The number of aryl methyl sites for hydroxylation is 1. The maximum Gasteiger partial charge on any atom is 0.310 e. The van der Waals surface area contributed by atoms with Crippen molar-refractivity contribution < 1.29 is 19.5 Å². The first-order valence-corrected chi connectivity index (χ1v) is 8.46. The molecule has 0 aromatic heterocycles. The van der Waals surface area contributed by atoms with Crippen molar-refractivity contribution in [1.29, 1.82) is 0 Å². The summed E-state index contributed by atoms with van der Waals surface area (Å²) in [5, 5.41) is 11.9. The Morgan fingerprint density at radius 2 is 1.92 bits per heavy atom. The van der Waals surface area contributed by atoms with Crippen LogP contribution in [0.4, 0.5) is 11.4 Å². The molecule has 1 aliphatic rings. The van der Waals surface area contributed by atoms with Gasteiger partial charge in [-0.15, -0.1) is 0 Å². The average Bonchev–Trinajstić information content (AvgIpc) is 2.63. The minimum atomic E-state index is -0.927. The van der Waals surface area contributed by atoms with Crippen molar-refractivity contribution in [1.82, 2.24) is 0 Å². The fraction of sp³-hybridized carbons (Fsp3) is 0.250. The monoisotopic (exact) mass is 352 g/mol. The van der Waals surface area contributed by atoms with E-state index >= 15 is 0 Å². The van der Waals surface area contributed by atoms with Crippen molar-refractivity contribution in [3.05, 3.63) is 59.7 Å². The number of para-hydroxylation sites is 1. The Balaban J connectivity index is 1.73. The van der Waals surface area contributed by atoms with Gasteiger partial charge in [-0.1, -0.05) is 30.3 Å². The van der Waals surface area contributed by atoms with Crippen molar-refractivity contribution in [2.45, 2.75) is 25.7 Å². The Hall–Kier alpha value is -3.15. The number of nitrogens with one attached hydrogen (secondary N) is 1. The molecule has 6 nitrogen and oxygen atoms in total. The van der Waals surface area contributed by atoms with Gasteiger partial charge in [0, 0.05) is 17.8 Å². The molecule has 134 valence electrons. The highest BCUT2D eigenvalue weighted by Crippen LogP contribution is 2.27. The molecule has 6 heteroatoms. The molecule has 26 heavy (non-hydrogen) atoms. The molecule has 2 amide bonds. The minimum absolute atomic E-state index is 0.0748. The molecule has 1 aliphatic heterocycles. The van der Waals surface area contributed by atoms with Crippen LogP contribution in [0.1, 0.15) is 30.4 Å². The number of carboxylic acid groups (broad SMARTS) is 1. The molecule has 2 aromatic rings. The molecule has 0 bridgehead atoms. The van der Waals surface area contributed by atoms with Gasteiger partial charge in [0.05, 0.1) is 5.92 Å². The zero-order valence-corrected chi connectivity index (χ0v) is 14.4. The van der Waals surface area contributed by atoms with Gasteiger partial charge in [0.15, 0.2) is 0 Å². The van der Waals surface area contributed by atoms with Gasteiger partial charge in [-0.3, -0.25) is 14.4 Å².